The Labute approximate surface area is 166 Å². The zero-order valence-electron chi connectivity index (χ0n) is 15.3. The third-order valence-electron chi connectivity index (χ3n) is 6.12. The van der Waals surface area contributed by atoms with Gasteiger partial charge in [-0.15, -0.1) is 24.0 Å². The van der Waals surface area contributed by atoms with Gasteiger partial charge >= 0.3 is 0 Å². The number of aromatic nitrogens is 1. The standard InChI is InChI=1S/C18H28N4O2.HI/c1-4-19-17(20-10-14-21-11(2)12(3)24-14)22-15-13-6-9-23-16(13)18(15)7-5-8-18;/h13,15-16H,4-10H2,1-3H3,(H2,19,20,22);1H. The highest BCUT2D eigenvalue weighted by Gasteiger charge is 2.66. The molecule has 0 radical (unpaired) electrons. The molecule has 1 saturated heterocycles. The third kappa shape index (κ3) is 3.18. The van der Waals surface area contributed by atoms with Crippen LogP contribution in [0.3, 0.4) is 0 Å². The summed E-state index contributed by atoms with van der Waals surface area (Å²) in [6.45, 7) is 8.22. The monoisotopic (exact) mass is 460 g/mol. The van der Waals surface area contributed by atoms with Crippen molar-refractivity contribution in [1.82, 2.24) is 15.6 Å². The number of fused-ring (bicyclic) bond motifs is 2. The lowest BCUT2D eigenvalue weighted by Gasteiger charge is -2.63. The fraction of sp³-hybridized carbons (Fsp3) is 0.778. The van der Waals surface area contributed by atoms with Crippen molar-refractivity contribution in [3.8, 4) is 0 Å². The van der Waals surface area contributed by atoms with E-state index in [9.17, 15) is 0 Å². The zero-order valence-corrected chi connectivity index (χ0v) is 17.6. The van der Waals surface area contributed by atoms with Crippen LogP contribution >= 0.6 is 24.0 Å². The number of aliphatic imine (C=N–C) groups is 1. The summed E-state index contributed by atoms with van der Waals surface area (Å²) in [4.78, 5) is 9.11. The number of oxazole rings is 1. The van der Waals surface area contributed by atoms with E-state index < -0.39 is 0 Å². The Morgan fingerprint density at radius 1 is 1.36 bits per heavy atom. The van der Waals surface area contributed by atoms with Crippen LogP contribution in [-0.4, -0.2) is 36.2 Å². The predicted octanol–water partition coefficient (Wildman–Crippen LogP) is 2.92. The largest absolute Gasteiger partial charge is 0.444 e. The summed E-state index contributed by atoms with van der Waals surface area (Å²) in [6, 6.07) is 0.490. The van der Waals surface area contributed by atoms with Gasteiger partial charge in [0, 0.05) is 30.5 Å². The maximum Gasteiger partial charge on any atom is 0.216 e. The van der Waals surface area contributed by atoms with E-state index in [0.717, 1.165) is 30.6 Å². The number of nitrogens with one attached hydrogen (secondary N) is 2. The van der Waals surface area contributed by atoms with E-state index in [1.807, 2.05) is 13.8 Å². The van der Waals surface area contributed by atoms with Crippen LogP contribution in [0.1, 0.15) is 50.0 Å². The number of nitrogens with zero attached hydrogens (tertiary/aromatic N) is 2. The Kier molecular flexibility index (Phi) is 5.63. The van der Waals surface area contributed by atoms with Gasteiger partial charge in [0.2, 0.25) is 5.89 Å². The molecule has 0 bridgehead atoms. The molecule has 3 fully saturated rings. The highest BCUT2D eigenvalue weighted by atomic mass is 127. The SMILES string of the molecule is CCNC(=NCc1nc(C)c(C)o1)NC1C2CCOC2C12CCC2.I. The fourth-order valence-corrected chi connectivity index (χ4v) is 4.68. The number of aryl methyl sites for hydroxylation is 2. The first-order valence-electron chi connectivity index (χ1n) is 9.23. The van der Waals surface area contributed by atoms with Gasteiger partial charge in [0.05, 0.1) is 11.8 Å². The molecule has 140 valence electrons. The maximum atomic E-state index is 6.00. The first kappa shape index (κ1) is 18.9. The summed E-state index contributed by atoms with van der Waals surface area (Å²) < 4.78 is 11.6. The van der Waals surface area contributed by atoms with Gasteiger partial charge in [0.1, 0.15) is 12.3 Å². The molecule has 7 heteroatoms. The second-order valence-corrected chi connectivity index (χ2v) is 7.40. The Bertz CT molecular complexity index is 622. The first-order valence-corrected chi connectivity index (χ1v) is 9.23. The van der Waals surface area contributed by atoms with Crippen LogP contribution in [0.5, 0.6) is 0 Å². The molecule has 2 aliphatic carbocycles. The number of hydrogen-bond donors (Lipinski definition) is 2. The molecule has 2 heterocycles. The van der Waals surface area contributed by atoms with Crippen LogP contribution in [0.25, 0.3) is 0 Å². The van der Waals surface area contributed by atoms with Crippen LogP contribution in [0.15, 0.2) is 9.41 Å². The molecule has 4 rings (SSSR count). The molecule has 1 aliphatic heterocycles. The Morgan fingerprint density at radius 3 is 2.76 bits per heavy atom. The lowest BCUT2D eigenvalue weighted by atomic mass is 9.46. The summed E-state index contributed by atoms with van der Waals surface area (Å²) in [6.07, 6.45) is 5.53. The molecular weight excluding hydrogens is 431 g/mol. The molecule has 6 nitrogen and oxygen atoms in total. The summed E-state index contributed by atoms with van der Waals surface area (Å²) in [5, 5.41) is 7.07. The molecule has 0 aromatic carbocycles. The normalized spacial score (nSPS) is 29.4. The minimum Gasteiger partial charge on any atom is -0.444 e. The molecule has 3 aliphatic rings. The molecule has 3 unspecified atom stereocenters. The summed E-state index contributed by atoms with van der Waals surface area (Å²) in [5.41, 5.74) is 1.30. The van der Waals surface area contributed by atoms with Gasteiger partial charge in [-0.3, -0.25) is 0 Å². The second-order valence-electron chi connectivity index (χ2n) is 7.40. The van der Waals surface area contributed by atoms with Crippen molar-refractivity contribution in [3.63, 3.8) is 0 Å². The van der Waals surface area contributed by atoms with Gasteiger partial charge in [0.25, 0.3) is 0 Å². The quantitative estimate of drug-likeness (QED) is 0.411. The minimum atomic E-state index is 0. The van der Waals surface area contributed by atoms with Crippen LogP contribution in [-0.2, 0) is 11.3 Å². The molecular formula is C18H29IN4O2. The van der Waals surface area contributed by atoms with Crippen LogP contribution in [0.2, 0.25) is 0 Å². The predicted molar refractivity (Wildman–Crippen MR) is 107 cm³/mol. The summed E-state index contributed by atoms with van der Waals surface area (Å²) in [7, 11) is 0. The van der Waals surface area contributed by atoms with Crippen molar-refractivity contribution >= 4 is 29.9 Å². The van der Waals surface area contributed by atoms with E-state index in [1.54, 1.807) is 0 Å². The molecule has 2 N–H and O–H groups in total. The van der Waals surface area contributed by atoms with Gasteiger partial charge in [-0.1, -0.05) is 6.42 Å². The smallest absolute Gasteiger partial charge is 0.216 e. The van der Waals surface area contributed by atoms with Crippen molar-refractivity contribution < 1.29 is 9.15 Å². The Hall–Kier alpha value is -0.830. The molecule has 25 heavy (non-hydrogen) atoms. The zero-order chi connectivity index (χ0) is 16.7. The number of guanidine groups is 1. The average molecular weight is 460 g/mol. The number of hydrogen-bond acceptors (Lipinski definition) is 4. The van der Waals surface area contributed by atoms with Crippen molar-refractivity contribution in [2.24, 2.45) is 16.3 Å². The van der Waals surface area contributed by atoms with E-state index in [0.29, 0.717) is 35.9 Å². The van der Waals surface area contributed by atoms with E-state index in [-0.39, 0.29) is 24.0 Å². The minimum absolute atomic E-state index is 0. The van der Waals surface area contributed by atoms with Gasteiger partial charge in [-0.2, -0.15) is 0 Å². The Morgan fingerprint density at radius 2 is 2.16 bits per heavy atom. The van der Waals surface area contributed by atoms with E-state index >= 15 is 0 Å². The average Bonchev–Trinajstić information content (AvgIpc) is 3.06. The third-order valence-corrected chi connectivity index (χ3v) is 6.12. The van der Waals surface area contributed by atoms with Gasteiger partial charge in [0.15, 0.2) is 5.96 Å². The fourth-order valence-electron chi connectivity index (χ4n) is 4.68. The van der Waals surface area contributed by atoms with Gasteiger partial charge in [-0.25, -0.2) is 9.98 Å². The van der Waals surface area contributed by atoms with Crippen molar-refractivity contribution in [2.45, 2.75) is 65.1 Å². The molecule has 2 saturated carbocycles. The molecule has 0 amide bonds. The number of ether oxygens (including phenoxy) is 1. The van der Waals surface area contributed by atoms with Crippen LogP contribution < -0.4 is 10.6 Å². The van der Waals surface area contributed by atoms with E-state index in [1.165, 1.54) is 25.7 Å². The van der Waals surface area contributed by atoms with E-state index in [2.05, 4.69) is 22.5 Å². The van der Waals surface area contributed by atoms with Crippen molar-refractivity contribution in [3.05, 3.63) is 17.3 Å². The highest BCUT2D eigenvalue weighted by Crippen LogP contribution is 2.62. The summed E-state index contributed by atoms with van der Waals surface area (Å²) in [5.74, 6) is 3.06. The lowest BCUT2D eigenvalue weighted by molar-refractivity contribution is -0.171. The molecule has 1 aromatic rings. The first-order chi connectivity index (χ1) is 11.6. The van der Waals surface area contributed by atoms with Crippen molar-refractivity contribution in [2.75, 3.05) is 13.2 Å². The molecule has 1 spiro atoms. The van der Waals surface area contributed by atoms with Crippen LogP contribution in [0.4, 0.5) is 0 Å². The van der Waals surface area contributed by atoms with Crippen molar-refractivity contribution in [1.29, 1.82) is 0 Å². The molecule has 1 aromatic heterocycles. The topological polar surface area (TPSA) is 71.7 Å². The van der Waals surface area contributed by atoms with E-state index in [4.69, 9.17) is 14.1 Å². The summed E-state index contributed by atoms with van der Waals surface area (Å²) >= 11 is 0. The maximum absolute atomic E-state index is 6.00. The second kappa shape index (κ2) is 7.42. The number of rotatable bonds is 4. The lowest BCUT2D eigenvalue weighted by Crippen LogP contribution is -2.72. The van der Waals surface area contributed by atoms with Gasteiger partial charge < -0.3 is 19.8 Å². The van der Waals surface area contributed by atoms with Gasteiger partial charge in [-0.05, 0) is 40.0 Å². The highest BCUT2D eigenvalue weighted by molar-refractivity contribution is 14.0. The Balaban J connectivity index is 0.00000182. The molecule has 3 atom stereocenters. The van der Waals surface area contributed by atoms with Crippen LogP contribution in [0, 0.1) is 25.2 Å². The number of halogens is 1.